The summed E-state index contributed by atoms with van der Waals surface area (Å²) in [5, 5.41) is 3.53. The van der Waals surface area contributed by atoms with Gasteiger partial charge >= 0.3 is 12.2 Å². The second-order valence-electron chi connectivity index (χ2n) is 10.4. The summed E-state index contributed by atoms with van der Waals surface area (Å²) in [4.78, 5) is 29.5. The van der Waals surface area contributed by atoms with Crippen LogP contribution >= 0.6 is 0 Å². The Morgan fingerprint density at radius 3 is 2.44 bits per heavy atom. The number of anilines is 3. The van der Waals surface area contributed by atoms with Crippen LogP contribution in [0, 0.1) is 5.92 Å². The minimum Gasteiger partial charge on any atom is -0.452 e. The maximum absolute atomic E-state index is 13.7. The number of sulfonamides is 1. The highest BCUT2D eigenvalue weighted by atomic mass is 32.2. The minimum absolute atomic E-state index is 0.0892. The molecule has 39 heavy (non-hydrogen) atoms. The van der Waals surface area contributed by atoms with Crippen molar-refractivity contribution in [3.8, 4) is 11.1 Å². The first-order valence-electron chi connectivity index (χ1n) is 13.3. The fraction of sp³-hybridized carbons (Fsp3) is 0.500. The number of amides is 2. The van der Waals surface area contributed by atoms with Gasteiger partial charge in [0.05, 0.1) is 37.3 Å². The van der Waals surface area contributed by atoms with Crippen molar-refractivity contribution in [1.29, 1.82) is 0 Å². The fourth-order valence-corrected chi connectivity index (χ4v) is 5.89. The van der Waals surface area contributed by atoms with Gasteiger partial charge in [-0.25, -0.2) is 18.0 Å². The number of piperidine rings is 1. The average molecular weight is 559 g/mol. The van der Waals surface area contributed by atoms with E-state index in [0.29, 0.717) is 23.0 Å². The molecule has 0 aliphatic carbocycles. The molecule has 10 nitrogen and oxygen atoms in total. The molecule has 0 aromatic heterocycles. The van der Waals surface area contributed by atoms with Crippen molar-refractivity contribution >= 4 is 39.3 Å². The smallest absolute Gasteiger partial charge is 0.414 e. The van der Waals surface area contributed by atoms with E-state index in [2.05, 4.69) is 23.9 Å². The summed E-state index contributed by atoms with van der Waals surface area (Å²) in [6.07, 6.45) is 2.62. The number of hydrogen-bond donors (Lipinski definition) is 2. The van der Waals surface area contributed by atoms with E-state index >= 15 is 0 Å². The number of carbonyl (C=O) groups excluding carboxylic acids is 2. The highest BCUT2D eigenvalue weighted by Gasteiger charge is 2.39. The Hall–Kier alpha value is -3.31. The lowest BCUT2D eigenvalue weighted by Gasteiger charge is -2.41. The first-order chi connectivity index (χ1) is 18.5. The van der Waals surface area contributed by atoms with Crippen LogP contribution in [0.25, 0.3) is 11.1 Å². The van der Waals surface area contributed by atoms with Crippen molar-refractivity contribution in [2.75, 3.05) is 41.0 Å². The van der Waals surface area contributed by atoms with E-state index < -0.39 is 22.2 Å². The molecule has 0 radical (unpaired) electrons. The third-order valence-electron chi connectivity index (χ3n) is 7.48. The number of fused-ring (bicyclic) bond motifs is 1. The second kappa shape index (κ2) is 11.8. The third kappa shape index (κ3) is 6.47. The normalized spacial score (nSPS) is 22.0. The van der Waals surface area contributed by atoms with E-state index in [1.807, 2.05) is 19.1 Å². The van der Waals surface area contributed by atoms with Crippen LogP contribution in [-0.4, -0.2) is 65.2 Å². The number of methoxy groups -OCH3 is 1. The molecule has 2 aliphatic heterocycles. The van der Waals surface area contributed by atoms with Crippen LogP contribution in [0.15, 0.2) is 42.5 Å². The zero-order valence-electron chi connectivity index (χ0n) is 23.1. The number of rotatable bonds is 6. The van der Waals surface area contributed by atoms with Gasteiger partial charge in [-0.05, 0) is 67.6 Å². The molecule has 1 fully saturated rings. The Morgan fingerprint density at radius 2 is 1.79 bits per heavy atom. The summed E-state index contributed by atoms with van der Waals surface area (Å²) in [5.74, 6) is 0.359. The van der Waals surface area contributed by atoms with E-state index in [1.165, 1.54) is 7.11 Å². The Kier molecular flexibility index (Phi) is 8.70. The molecule has 0 spiro atoms. The van der Waals surface area contributed by atoms with Crippen LogP contribution in [0.4, 0.5) is 26.7 Å². The Morgan fingerprint density at radius 1 is 1.10 bits per heavy atom. The maximum atomic E-state index is 13.7. The summed E-state index contributed by atoms with van der Waals surface area (Å²) in [6.45, 7) is 7.32. The molecule has 2 N–H and O–H groups in total. The van der Waals surface area contributed by atoms with E-state index in [0.717, 1.165) is 43.2 Å². The number of nitrogens with zero attached hydrogens (tertiary/aromatic N) is 2. The predicted octanol–water partition coefficient (Wildman–Crippen LogP) is 4.81. The summed E-state index contributed by atoms with van der Waals surface area (Å²) in [5.41, 5.74) is 3.17. The molecule has 0 saturated carbocycles. The van der Waals surface area contributed by atoms with E-state index in [-0.39, 0.29) is 24.7 Å². The summed E-state index contributed by atoms with van der Waals surface area (Å²) >= 11 is 0. The zero-order valence-corrected chi connectivity index (χ0v) is 24.0. The minimum atomic E-state index is -3.39. The van der Waals surface area contributed by atoms with Gasteiger partial charge in [-0.2, -0.15) is 0 Å². The maximum Gasteiger partial charge on any atom is 0.414 e. The molecule has 1 saturated heterocycles. The number of benzene rings is 2. The molecule has 2 amide bonds. The lowest BCUT2D eigenvalue weighted by Crippen LogP contribution is -2.55. The van der Waals surface area contributed by atoms with Gasteiger partial charge in [0, 0.05) is 11.7 Å². The lowest BCUT2D eigenvalue weighted by molar-refractivity contribution is 0.0433. The van der Waals surface area contributed by atoms with E-state index in [4.69, 9.17) is 9.47 Å². The van der Waals surface area contributed by atoms with Gasteiger partial charge in [0.25, 0.3) is 0 Å². The van der Waals surface area contributed by atoms with Gasteiger partial charge in [0.1, 0.15) is 6.10 Å². The largest absolute Gasteiger partial charge is 0.452 e. The molecule has 2 heterocycles. The van der Waals surface area contributed by atoms with Gasteiger partial charge in [0.15, 0.2) is 0 Å². The van der Waals surface area contributed by atoms with Crippen molar-refractivity contribution in [3.05, 3.63) is 42.5 Å². The second-order valence-corrected chi connectivity index (χ2v) is 12.1. The van der Waals surface area contributed by atoms with Gasteiger partial charge in [-0.1, -0.05) is 38.5 Å². The zero-order chi connectivity index (χ0) is 28.3. The summed E-state index contributed by atoms with van der Waals surface area (Å²) in [6, 6.07) is 12.2. The standard InChI is InChI=1S/C28H38N4O6S/c1-6-18(2)26-25(8-7-15-29-26)38-27(33)31-17-19(3)32(28(34)37-4)23-14-11-21(16-24(23)31)20-9-12-22(13-10-20)30-39(5,35)36/h9-14,16,18-19,25-26,29-30H,6-8,15,17H2,1-5H3/t18?,19-,25?,26?/m0/s1. The first kappa shape index (κ1) is 28.7. The van der Waals surface area contributed by atoms with Crippen LogP contribution in [0.2, 0.25) is 0 Å². The van der Waals surface area contributed by atoms with E-state index in [9.17, 15) is 18.0 Å². The molecule has 3 unspecified atom stereocenters. The van der Waals surface area contributed by atoms with Crippen LogP contribution in [-0.2, 0) is 19.5 Å². The summed E-state index contributed by atoms with van der Waals surface area (Å²) < 4.78 is 36.8. The van der Waals surface area contributed by atoms with Crippen molar-refractivity contribution in [2.24, 2.45) is 5.92 Å². The quantitative estimate of drug-likeness (QED) is 0.523. The number of ether oxygens (including phenoxy) is 2. The molecule has 4 atom stereocenters. The molecular weight excluding hydrogens is 520 g/mol. The molecule has 0 bridgehead atoms. The van der Waals surface area contributed by atoms with Crippen LogP contribution < -0.4 is 19.8 Å². The molecule has 2 aliphatic rings. The topological polar surface area (TPSA) is 117 Å². The number of carbonyl (C=O) groups is 2. The summed E-state index contributed by atoms with van der Waals surface area (Å²) in [7, 11) is -2.06. The lowest BCUT2D eigenvalue weighted by atomic mass is 9.89. The molecule has 2 aromatic carbocycles. The van der Waals surface area contributed by atoms with Crippen molar-refractivity contribution in [1.82, 2.24) is 5.32 Å². The van der Waals surface area contributed by atoms with Crippen LogP contribution in [0.5, 0.6) is 0 Å². The van der Waals surface area contributed by atoms with Gasteiger partial charge < -0.3 is 14.8 Å². The third-order valence-corrected chi connectivity index (χ3v) is 8.09. The highest BCUT2D eigenvalue weighted by molar-refractivity contribution is 7.92. The number of hydrogen-bond acceptors (Lipinski definition) is 7. The molecule has 212 valence electrons. The predicted molar refractivity (Wildman–Crippen MR) is 153 cm³/mol. The highest BCUT2D eigenvalue weighted by Crippen LogP contribution is 2.40. The SMILES string of the molecule is CCC(C)C1NCCCC1OC(=O)N1C[C@H](C)N(C(=O)OC)c2ccc(-c3ccc(NS(C)(=O)=O)cc3)cc21. The Labute approximate surface area is 230 Å². The van der Waals surface area contributed by atoms with Gasteiger partial charge in [-0.3, -0.25) is 14.5 Å². The monoisotopic (exact) mass is 558 g/mol. The first-order valence-corrected chi connectivity index (χ1v) is 15.2. The Balaban J connectivity index is 1.68. The van der Waals surface area contributed by atoms with Gasteiger partial charge in [-0.15, -0.1) is 0 Å². The van der Waals surface area contributed by atoms with Crippen LogP contribution in [0.3, 0.4) is 0 Å². The molecular formula is C28H38N4O6S. The molecule has 11 heteroatoms. The number of nitrogens with one attached hydrogen (secondary N) is 2. The van der Waals surface area contributed by atoms with E-state index in [1.54, 1.807) is 40.1 Å². The van der Waals surface area contributed by atoms with Crippen molar-refractivity contribution in [3.63, 3.8) is 0 Å². The molecule has 2 aromatic rings. The van der Waals surface area contributed by atoms with Gasteiger partial charge in [0.2, 0.25) is 10.0 Å². The Bertz CT molecular complexity index is 1300. The fourth-order valence-electron chi connectivity index (χ4n) is 5.33. The van der Waals surface area contributed by atoms with Crippen molar-refractivity contribution < 1.29 is 27.5 Å². The van der Waals surface area contributed by atoms with Crippen LogP contribution in [0.1, 0.15) is 40.0 Å². The molecule has 4 rings (SSSR count). The average Bonchev–Trinajstić information content (AvgIpc) is 2.91. The van der Waals surface area contributed by atoms with Crippen molar-refractivity contribution in [2.45, 2.75) is 58.2 Å².